The molecule has 1 unspecified atom stereocenters. The molecule has 0 nitrogen and oxygen atoms in total. The van der Waals surface area contributed by atoms with Crippen molar-refractivity contribution in [3.8, 4) is 11.1 Å². The maximum absolute atomic E-state index is 2.35. The van der Waals surface area contributed by atoms with Crippen LogP contribution < -0.4 is 0 Å². The first-order valence-electron chi connectivity index (χ1n) is 7.93. The predicted molar refractivity (Wildman–Crippen MR) is 91.4 cm³/mol. The first-order valence-corrected chi connectivity index (χ1v) is 9.35. The van der Waals surface area contributed by atoms with Crippen LogP contribution in [0, 0.1) is 12.3 Å². The Morgan fingerprint density at radius 3 is 2.14 bits per heavy atom. The monoisotopic (exact) mass is 365 g/mol. The molecular formula is C21H23Zr. The van der Waals surface area contributed by atoms with Gasteiger partial charge in [-0.15, -0.1) is 0 Å². The van der Waals surface area contributed by atoms with E-state index in [1.54, 1.807) is 30.3 Å². The first kappa shape index (κ1) is 15.9. The Balaban J connectivity index is 2.23. The van der Waals surface area contributed by atoms with Gasteiger partial charge in [0.15, 0.2) is 0 Å². The fourth-order valence-corrected chi connectivity index (χ4v) is 5.89. The van der Waals surface area contributed by atoms with Crippen molar-refractivity contribution in [1.29, 1.82) is 0 Å². The summed E-state index contributed by atoms with van der Waals surface area (Å²) in [5, 5.41) is 0. The molecule has 0 fully saturated rings. The van der Waals surface area contributed by atoms with Crippen molar-refractivity contribution >= 4 is 5.57 Å². The summed E-state index contributed by atoms with van der Waals surface area (Å²) >= 11 is 1.60. The molecule has 0 amide bonds. The van der Waals surface area contributed by atoms with Crippen LogP contribution in [0.25, 0.3) is 16.7 Å². The van der Waals surface area contributed by atoms with E-state index in [2.05, 4.69) is 77.1 Å². The van der Waals surface area contributed by atoms with Crippen LogP contribution >= 0.6 is 0 Å². The molecular weight excluding hydrogens is 343 g/mol. The molecule has 0 heterocycles. The van der Waals surface area contributed by atoms with Crippen molar-refractivity contribution in [2.75, 3.05) is 0 Å². The Morgan fingerprint density at radius 2 is 1.55 bits per heavy atom. The zero-order valence-corrected chi connectivity index (χ0v) is 16.6. The molecule has 0 saturated carbocycles. The summed E-state index contributed by atoms with van der Waals surface area (Å²) < 4.78 is 0.604. The van der Waals surface area contributed by atoms with Gasteiger partial charge in [0.05, 0.1) is 0 Å². The van der Waals surface area contributed by atoms with E-state index in [-0.39, 0.29) is 5.41 Å². The van der Waals surface area contributed by atoms with Gasteiger partial charge in [0.1, 0.15) is 0 Å². The Labute approximate surface area is 149 Å². The van der Waals surface area contributed by atoms with Crippen LogP contribution in [-0.4, -0.2) is 0 Å². The zero-order chi connectivity index (χ0) is 16.1. The van der Waals surface area contributed by atoms with E-state index in [4.69, 9.17) is 0 Å². The summed E-state index contributed by atoms with van der Waals surface area (Å²) in [6.45, 7) is 11.5. The summed E-state index contributed by atoms with van der Waals surface area (Å²) in [5.74, 6) is 0. The van der Waals surface area contributed by atoms with Crippen LogP contribution in [0.3, 0.4) is 0 Å². The van der Waals surface area contributed by atoms with Crippen molar-refractivity contribution in [3.63, 3.8) is 0 Å². The molecule has 22 heavy (non-hydrogen) atoms. The normalized spacial score (nSPS) is 17.7. The van der Waals surface area contributed by atoms with Gasteiger partial charge in [-0.3, -0.25) is 0 Å². The number of benzene rings is 2. The molecule has 111 valence electrons. The number of aryl methyl sites for hydroxylation is 1. The second-order valence-electron chi connectivity index (χ2n) is 7.36. The molecule has 0 spiro atoms. The van der Waals surface area contributed by atoms with Crippen molar-refractivity contribution in [1.82, 2.24) is 0 Å². The van der Waals surface area contributed by atoms with E-state index in [0.717, 1.165) is 0 Å². The second kappa shape index (κ2) is 5.61. The average Bonchev–Trinajstić information content (AvgIpc) is 2.71. The van der Waals surface area contributed by atoms with Gasteiger partial charge < -0.3 is 0 Å². The molecule has 1 aliphatic rings. The summed E-state index contributed by atoms with van der Waals surface area (Å²) in [7, 11) is 0. The molecule has 0 saturated heterocycles. The maximum atomic E-state index is 2.35. The predicted octanol–water partition coefficient (Wildman–Crippen LogP) is 6.08. The molecule has 0 bridgehead atoms. The van der Waals surface area contributed by atoms with E-state index in [0.29, 0.717) is 3.63 Å². The van der Waals surface area contributed by atoms with Gasteiger partial charge in [0.2, 0.25) is 0 Å². The van der Waals surface area contributed by atoms with Crippen molar-refractivity contribution in [2.24, 2.45) is 5.41 Å². The van der Waals surface area contributed by atoms with E-state index >= 15 is 0 Å². The Morgan fingerprint density at radius 1 is 0.909 bits per heavy atom. The van der Waals surface area contributed by atoms with Gasteiger partial charge >= 0.3 is 150 Å². The zero-order valence-electron chi connectivity index (χ0n) is 14.1. The fraction of sp³-hybridized carbons (Fsp3) is 0.333. The molecule has 0 radical (unpaired) electrons. The van der Waals surface area contributed by atoms with Gasteiger partial charge in [-0.05, 0) is 0 Å². The molecule has 3 rings (SSSR count). The summed E-state index contributed by atoms with van der Waals surface area (Å²) in [6.07, 6.45) is 0. The van der Waals surface area contributed by atoms with E-state index in [1.807, 2.05) is 0 Å². The minimum absolute atomic E-state index is 0.238. The van der Waals surface area contributed by atoms with E-state index < -0.39 is 0 Å². The number of hydrogen-bond donors (Lipinski definition) is 0. The molecule has 1 aliphatic carbocycles. The van der Waals surface area contributed by atoms with Gasteiger partial charge in [0, 0.05) is 0 Å². The molecule has 0 aliphatic heterocycles. The van der Waals surface area contributed by atoms with Crippen molar-refractivity contribution in [2.45, 2.75) is 38.2 Å². The standard InChI is InChI=1S/C21H23.Zr/c1-14-9-11-16(12-10-14)18-8-6-7-17-13-19(21(3,4)5)15(2)20(17)18;/h6-13H,1-5H3;. The van der Waals surface area contributed by atoms with Crippen molar-refractivity contribution < 1.29 is 24.7 Å². The molecule has 2 aromatic rings. The molecule has 1 heteroatoms. The van der Waals surface area contributed by atoms with E-state index in [1.165, 1.54) is 33.4 Å². The van der Waals surface area contributed by atoms with Crippen LogP contribution in [0.15, 0.2) is 48.0 Å². The Kier molecular flexibility index (Phi) is 4.06. The van der Waals surface area contributed by atoms with Gasteiger partial charge in [-0.25, -0.2) is 0 Å². The van der Waals surface area contributed by atoms with Crippen LogP contribution in [0.1, 0.15) is 48.0 Å². The summed E-state index contributed by atoms with van der Waals surface area (Å²) in [6, 6.07) is 15.8. The molecule has 2 aromatic carbocycles. The fourth-order valence-electron chi connectivity index (χ4n) is 3.71. The second-order valence-corrected chi connectivity index (χ2v) is 8.78. The Bertz CT molecular complexity index is 742. The average molecular weight is 367 g/mol. The SMILES string of the molecule is CC1=C(C(C)(C)C)[CH]([Zr])c2cccc(-c3ccc(C)cc3)c21. The van der Waals surface area contributed by atoms with Gasteiger partial charge in [-0.1, -0.05) is 0 Å². The van der Waals surface area contributed by atoms with Crippen LogP contribution in [0.5, 0.6) is 0 Å². The number of fused-ring (bicyclic) bond motifs is 1. The number of hydrogen-bond acceptors (Lipinski definition) is 0. The molecule has 0 N–H and O–H groups in total. The van der Waals surface area contributed by atoms with Crippen LogP contribution in [-0.2, 0) is 24.7 Å². The third-order valence-electron chi connectivity index (χ3n) is 4.65. The number of allylic oxidation sites excluding steroid dienone is 2. The minimum atomic E-state index is 0.238. The van der Waals surface area contributed by atoms with Gasteiger partial charge in [-0.2, -0.15) is 0 Å². The van der Waals surface area contributed by atoms with Crippen LogP contribution in [0.2, 0.25) is 0 Å². The topological polar surface area (TPSA) is 0 Å². The number of rotatable bonds is 1. The van der Waals surface area contributed by atoms with E-state index in [9.17, 15) is 0 Å². The Hall–Kier alpha value is -0.937. The third-order valence-corrected chi connectivity index (χ3v) is 6.12. The van der Waals surface area contributed by atoms with Gasteiger partial charge in [0.25, 0.3) is 0 Å². The van der Waals surface area contributed by atoms with Crippen LogP contribution in [0.4, 0.5) is 0 Å². The molecule has 1 atom stereocenters. The first-order chi connectivity index (χ1) is 10.3. The summed E-state index contributed by atoms with van der Waals surface area (Å²) in [5.41, 5.74) is 10.4. The van der Waals surface area contributed by atoms with Crippen molar-refractivity contribution in [3.05, 3.63) is 64.7 Å². The quantitative estimate of drug-likeness (QED) is 0.573. The third kappa shape index (κ3) is 2.58. The summed E-state index contributed by atoms with van der Waals surface area (Å²) in [4.78, 5) is 0. The molecule has 0 aromatic heterocycles.